The van der Waals surface area contributed by atoms with E-state index >= 15 is 0 Å². The van der Waals surface area contributed by atoms with Gasteiger partial charge in [-0.15, -0.1) is 0 Å². The van der Waals surface area contributed by atoms with Crippen LogP contribution in [0.25, 0.3) is 22.2 Å². The normalized spacial score (nSPS) is 14.0. The summed E-state index contributed by atoms with van der Waals surface area (Å²) in [7, 11) is 0. The number of hydrogen-bond acceptors (Lipinski definition) is 2. The van der Waals surface area contributed by atoms with Crippen LogP contribution in [0, 0.1) is 0 Å². The number of unbranched alkanes of at least 4 members (excludes halogenated alkanes) is 4. The number of fused-ring (bicyclic) bond motifs is 1. The average Bonchev–Trinajstić information content (AvgIpc) is 3.26. The molecule has 32 heavy (non-hydrogen) atoms. The van der Waals surface area contributed by atoms with Crippen LogP contribution in [0.1, 0.15) is 53.2 Å². The van der Waals surface area contributed by atoms with E-state index in [1.165, 1.54) is 22.2 Å². The quantitative estimate of drug-likeness (QED) is 0.224. The summed E-state index contributed by atoms with van der Waals surface area (Å²) < 4.78 is 18.7. The molecule has 0 aliphatic heterocycles. The third-order valence-electron chi connectivity index (χ3n) is 5.83. The second-order valence-electron chi connectivity index (χ2n) is 8.21. The molecule has 4 rings (SSSR count). The highest BCUT2D eigenvalue weighted by molar-refractivity contribution is 5.87. The fourth-order valence-electron chi connectivity index (χ4n) is 4.15. The predicted octanol–water partition coefficient (Wildman–Crippen LogP) is 7.25. The summed E-state index contributed by atoms with van der Waals surface area (Å²) in [6.07, 6.45) is 6.72. The third-order valence-corrected chi connectivity index (χ3v) is 5.83. The van der Waals surface area contributed by atoms with Gasteiger partial charge in [-0.3, -0.25) is 9.78 Å². The molecule has 0 amide bonds. The van der Waals surface area contributed by atoms with E-state index in [1.807, 2.05) is 6.07 Å². The van der Waals surface area contributed by atoms with Gasteiger partial charge in [0.25, 0.3) is 0 Å². The van der Waals surface area contributed by atoms with Crippen LogP contribution in [0.4, 0.5) is 0 Å². The second kappa shape index (κ2) is 11.4. The van der Waals surface area contributed by atoms with E-state index in [-0.39, 0.29) is 5.78 Å². The molecule has 0 spiro atoms. The Kier molecular flexibility index (Phi) is 6.96. The van der Waals surface area contributed by atoms with E-state index in [0.717, 1.165) is 38.6 Å². The molecule has 0 fully saturated rings. The Balaban J connectivity index is 1.23. The number of benzene rings is 2. The molecular weight excluding hydrogens is 392 g/mol. The van der Waals surface area contributed by atoms with Gasteiger partial charge in [0.2, 0.25) is 0 Å². The van der Waals surface area contributed by atoms with Gasteiger partial charge in [-0.2, -0.15) is 0 Å². The summed E-state index contributed by atoms with van der Waals surface area (Å²) in [4.78, 5) is 16.4. The van der Waals surface area contributed by atoms with Crippen LogP contribution in [0.3, 0.4) is 0 Å². The van der Waals surface area contributed by atoms with Gasteiger partial charge in [-0.05, 0) is 48.6 Å². The van der Waals surface area contributed by atoms with Crippen molar-refractivity contribution in [1.29, 1.82) is 0 Å². The lowest BCUT2D eigenvalue weighted by Gasteiger charge is -2.11. The maximum Gasteiger partial charge on any atom is 0.133 e. The van der Waals surface area contributed by atoms with E-state index in [1.54, 1.807) is 24.5 Å². The molecule has 3 nitrogen and oxygen atoms in total. The van der Waals surface area contributed by atoms with Gasteiger partial charge in [0, 0.05) is 51.1 Å². The van der Waals surface area contributed by atoms with E-state index in [2.05, 4.69) is 64.1 Å². The highest BCUT2D eigenvalue weighted by atomic mass is 16.1. The van der Waals surface area contributed by atoms with Crippen molar-refractivity contribution in [3.63, 3.8) is 0 Å². The highest BCUT2D eigenvalue weighted by Crippen LogP contribution is 2.28. The van der Waals surface area contributed by atoms with Crippen molar-refractivity contribution in [2.45, 2.75) is 57.9 Å². The Labute approximate surface area is 193 Å². The number of ketones is 1. The molecule has 3 heteroatoms. The minimum atomic E-state index is -1.04. The molecular formula is C29H32N2O. The first-order valence-corrected chi connectivity index (χ1v) is 11.6. The van der Waals surface area contributed by atoms with E-state index < -0.39 is 12.8 Å². The fraction of sp³-hybridized carbons (Fsp3) is 0.310. The molecule has 0 aliphatic rings. The van der Waals surface area contributed by atoms with Crippen LogP contribution >= 0.6 is 0 Å². The van der Waals surface area contributed by atoms with Crippen molar-refractivity contribution in [3.05, 3.63) is 90.8 Å². The fourth-order valence-corrected chi connectivity index (χ4v) is 4.15. The van der Waals surface area contributed by atoms with Crippen LogP contribution in [0.5, 0.6) is 0 Å². The smallest absolute Gasteiger partial charge is 0.133 e. The number of nitrogens with zero attached hydrogens (tertiary/aromatic N) is 2. The third kappa shape index (κ3) is 5.94. The van der Waals surface area contributed by atoms with Gasteiger partial charge < -0.3 is 4.57 Å². The van der Waals surface area contributed by atoms with E-state index in [0.29, 0.717) is 12.0 Å². The number of aromatic nitrogens is 2. The molecule has 2 aromatic heterocycles. The Bertz CT molecular complexity index is 1190. The molecule has 0 aliphatic carbocycles. The first-order chi connectivity index (χ1) is 16.6. The van der Waals surface area contributed by atoms with Gasteiger partial charge in [0.05, 0.1) is 0 Å². The number of carbonyl (C=O) groups excluding carboxylic acids is 1. The SMILES string of the molecule is [2H][C@H](c1cccnc1)[C@@H]([2H])C(=O)CCCCCCCn1c(-c2ccccc2)cc2ccccc21. The van der Waals surface area contributed by atoms with Gasteiger partial charge in [-0.25, -0.2) is 0 Å². The summed E-state index contributed by atoms with van der Waals surface area (Å²) in [5, 5.41) is 1.27. The standard InChI is InChI=1S/C29H32N2O/c32-27(19-18-24-12-11-20-30-23-24)16-7-2-1-3-10-21-31-28-17-9-8-15-26(28)22-29(31)25-13-5-4-6-14-25/h4-6,8-9,11-15,17,20,22-23H,1-3,7,10,16,18-19,21H2/i18D,19D/t18-,19+/m0/s1. The molecule has 0 saturated heterocycles. The maximum atomic E-state index is 12.4. The zero-order valence-corrected chi connectivity index (χ0v) is 18.5. The van der Waals surface area contributed by atoms with Crippen LogP contribution in [-0.4, -0.2) is 15.3 Å². The molecule has 0 radical (unpaired) electrons. The lowest BCUT2D eigenvalue weighted by atomic mass is 10.0. The van der Waals surface area contributed by atoms with E-state index in [9.17, 15) is 4.79 Å². The van der Waals surface area contributed by atoms with Crippen molar-refractivity contribution in [1.82, 2.24) is 9.55 Å². The molecule has 2 heterocycles. The van der Waals surface area contributed by atoms with Crippen molar-refractivity contribution in [2.75, 3.05) is 0 Å². The molecule has 164 valence electrons. The second-order valence-corrected chi connectivity index (χ2v) is 8.21. The van der Waals surface area contributed by atoms with Gasteiger partial charge in [0.1, 0.15) is 5.78 Å². The number of pyridine rings is 1. The number of Topliss-reactive ketones (excluding diaryl/α,β-unsaturated/α-hetero) is 1. The van der Waals surface area contributed by atoms with Crippen LogP contribution in [0.2, 0.25) is 0 Å². The molecule has 0 unspecified atom stereocenters. The van der Waals surface area contributed by atoms with Crippen LogP contribution < -0.4 is 0 Å². The maximum absolute atomic E-state index is 12.4. The predicted molar refractivity (Wildman–Crippen MR) is 133 cm³/mol. The Morgan fingerprint density at radius 3 is 2.50 bits per heavy atom. The highest BCUT2D eigenvalue weighted by Gasteiger charge is 2.10. The lowest BCUT2D eigenvalue weighted by Crippen LogP contribution is -2.01. The summed E-state index contributed by atoms with van der Waals surface area (Å²) in [6, 6.07) is 24.9. The zero-order chi connectivity index (χ0) is 23.8. The molecule has 4 aromatic rings. The minimum absolute atomic E-state index is 0.143. The molecule has 0 bridgehead atoms. The number of hydrogen-bond donors (Lipinski definition) is 0. The Hall–Kier alpha value is -3.20. The van der Waals surface area contributed by atoms with Gasteiger partial charge >= 0.3 is 0 Å². The van der Waals surface area contributed by atoms with Gasteiger partial charge in [-0.1, -0.05) is 73.9 Å². The van der Waals surface area contributed by atoms with Crippen molar-refractivity contribution >= 4 is 16.7 Å². The number of rotatable bonds is 12. The first-order valence-electron chi connectivity index (χ1n) is 12.7. The summed E-state index contributed by atoms with van der Waals surface area (Å²) >= 11 is 0. The van der Waals surface area contributed by atoms with E-state index in [4.69, 9.17) is 2.74 Å². The topological polar surface area (TPSA) is 34.9 Å². The summed E-state index contributed by atoms with van der Waals surface area (Å²) in [5.41, 5.74) is 4.39. The Morgan fingerprint density at radius 1 is 0.875 bits per heavy atom. The van der Waals surface area contributed by atoms with Crippen molar-refractivity contribution in [3.8, 4) is 11.3 Å². The minimum Gasteiger partial charge on any atom is -0.340 e. The number of para-hydroxylation sites is 1. The Morgan fingerprint density at radius 2 is 1.66 bits per heavy atom. The van der Waals surface area contributed by atoms with Gasteiger partial charge in [0.15, 0.2) is 0 Å². The summed E-state index contributed by atoms with van der Waals surface area (Å²) in [5.74, 6) is -0.143. The van der Waals surface area contributed by atoms with Crippen molar-refractivity contribution < 1.29 is 7.54 Å². The van der Waals surface area contributed by atoms with Crippen molar-refractivity contribution in [2.24, 2.45) is 0 Å². The average molecular weight is 427 g/mol. The monoisotopic (exact) mass is 426 g/mol. The van der Waals surface area contributed by atoms with Crippen LogP contribution in [0.15, 0.2) is 85.2 Å². The van der Waals surface area contributed by atoms with Crippen LogP contribution in [-0.2, 0) is 17.7 Å². The largest absolute Gasteiger partial charge is 0.340 e. The first kappa shape index (κ1) is 19.5. The zero-order valence-electron chi connectivity index (χ0n) is 20.5. The molecule has 2 aromatic carbocycles. The summed E-state index contributed by atoms with van der Waals surface area (Å²) in [6.45, 7) is 0.969. The molecule has 0 N–H and O–H groups in total. The molecule has 0 saturated carbocycles. The molecule has 2 atom stereocenters. The lowest BCUT2D eigenvalue weighted by molar-refractivity contribution is -0.119. The number of carbonyl (C=O) groups is 1. The number of aryl methyl sites for hydroxylation is 2.